The highest BCUT2D eigenvalue weighted by Crippen LogP contribution is 2.26. The maximum atomic E-state index is 3.46. The van der Waals surface area contributed by atoms with E-state index in [-0.39, 0.29) is 0 Å². The van der Waals surface area contributed by atoms with Crippen molar-refractivity contribution >= 4 is 17.1 Å². The predicted octanol–water partition coefficient (Wildman–Crippen LogP) is 6.72. The maximum Gasteiger partial charge on any atom is 0.0385 e. The predicted molar refractivity (Wildman–Crippen MR) is 112 cm³/mol. The molecule has 0 spiro atoms. The lowest BCUT2D eigenvalue weighted by Crippen LogP contribution is -2.37. The van der Waals surface area contributed by atoms with Crippen molar-refractivity contribution in [2.24, 2.45) is 11.8 Å². The number of nitrogens with zero attached hydrogens (tertiary/aromatic N) is 1. The number of rotatable bonds is 9. The minimum atomic E-state index is 0.557. The molecule has 0 aliphatic heterocycles. The molecule has 0 fully saturated rings. The van der Waals surface area contributed by atoms with Crippen LogP contribution in [0.5, 0.6) is 0 Å². The molecule has 0 saturated heterocycles. The van der Waals surface area contributed by atoms with Crippen LogP contribution in [-0.2, 0) is 0 Å². The van der Waals surface area contributed by atoms with Crippen LogP contribution in [-0.4, -0.2) is 12.6 Å². The second-order valence-electron chi connectivity index (χ2n) is 7.68. The summed E-state index contributed by atoms with van der Waals surface area (Å²) in [5, 5.41) is 3.46. The highest BCUT2D eigenvalue weighted by molar-refractivity contribution is 5.63. The summed E-state index contributed by atoms with van der Waals surface area (Å²) < 4.78 is 0. The molecule has 2 aromatic carbocycles. The van der Waals surface area contributed by atoms with Crippen molar-refractivity contribution in [1.82, 2.24) is 0 Å². The van der Waals surface area contributed by atoms with Crippen LogP contribution in [0.25, 0.3) is 0 Å². The topological polar surface area (TPSA) is 15.3 Å². The largest absolute Gasteiger partial charge is 0.369 e. The SMILES string of the molecule is CCC(C)CN(c1ccc(Nc2ccccc2)cc1)C(C)CC(C)C. The standard InChI is InChI=1S/C23H34N2/c1-6-19(4)17-25(20(5)16-18(2)3)23-14-12-22(13-15-23)24-21-10-8-7-9-11-21/h7-15,18-20,24H,6,16-17H2,1-5H3. The molecule has 136 valence electrons. The van der Waals surface area contributed by atoms with Gasteiger partial charge >= 0.3 is 0 Å². The van der Waals surface area contributed by atoms with E-state index in [2.05, 4.69) is 93.4 Å². The fourth-order valence-corrected chi connectivity index (χ4v) is 3.24. The molecule has 2 rings (SSSR count). The Morgan fingerprint density at radius 3 is 2.00 bits per heavy atom. The molecule has 0 radical (unpaired) electrons. The Morgan fingerprint density at radius 2 is 1.44 bits per heavy atom. The lowest BCUT2D eigenvalue weighted by molar-refractivity contribution is 0.450. The summed E-state index contributed by atoms with van der Waals surface area (Å²) in [5.41, 5.74) is 3.59. The number of hydrogen-bond acceptors (Lipinski definition) is 2. The maximum absolute atomic E-state index is 3.46. The minimum absolute atomic E-state index is 0.557. The van der Waals surface area contributed by atoms with Crippen LogP contribution in [0.1, 0.15) is 47.5 Å². The molecule has 0 aromatic heterocycles. The smallest absolute Gasteiger partial charge is 0.0385 e. The van der Waals surface area contributed by atoms with Crippen molar-refractivity contribution in [3.63, 3.8) is 0 Å². The minimum Gasteiger partial charge on any atom is -0.369 e. The second-order valence-corrected chi connectivity index (χ2v) is 7.68. The molecule has 1 N–H and O–H groups in total. The molecule has 25 heavy (non-hydrogen) atoms. The zero-order valence-corrected chi connectivity index (χ0v) is 16.5. The van der Waals surface area contributed by atoms with Gasteiger partial charge in [-0.3, -0.25) is 0 Å². The van der Waals surface area contributed by atoms with Gasteiger partial charge in [0.25, 0.3) is 0 Å². The van der Waals surface area contributed by atoms with Gasteiger partial charge in [0.2, 0.25) is 0 Å². The zero-order valence-electron chi connectivity index (χ0n) is 16.5. The first-order valence-electron chi connectivity index (χ1n) is 9.68. The quantitative estimate of drug-likeness (QED) is 0.546. The molecular weight excluding hydrogens is 304 g/mol. The molecule has 2 nitrogen and oxygen atoms in total. The lowest BCUT2D eigenvalue weighted by atomic mass is 10.0. The van der Waals surface area contributed by atoms with Crippen molar-refractivity contribution < 1.29 is 0 Å². The molecule has 0 heterocycles. The Labute approximate surface area is 154 Å². The zero-order chi connectivity index (χ0) is 18.2. The van der Waals surface area contributed by atoms with Gasteiger partial charge in [0.1, 0.15) is 0 Å². The highest BCUT2D eigenvalue weighted by Gasteiger charge is 2.18. The second kappa shape index (κ2) is 9.50. The molecular formula is C23H34N2. The number of benzene rings is 2. The van der Waals surface area contributed by atoms with Crippen LogP contribution in [0.4, 0.5) is 17.1 Å². The van der Waals surface area contributed by atoms with Crippen molar-refractivity contribution in [1.29, 1.82) is 0 Å². The molecule has 0 amide bonds. The monoisotopic (exact) mass is 338 g/mol. The van der Waals surface area contributed by atoms with Gasteiger partial charge in [-0.05, 0) is 61.6 Å². The first kappa shape index (κ1) is 19.4. The molecule has 0 saturated carbocycles. The van der Waals surface area contributed by atoms with Crippen molar-refractivity contribution in [2.45, 2.75) is 53.5 Å². The van der Waals surface area contributed by atoms with E-state index in [1.54, 1.807) is 0 Å². The van der Waals surface area contributed by atoms with E-state index < -0.39 is 0 Å². The average Bonchev–Trinajstić information content (AvgIpc) is 2.60. The van der Waals surface area contributed by atoms with Crippen LogP contribution in [0.2, 0.25) is 0 Å². The van der Waals surface area contributed by atoms with E-state index in [1.165, 1.54) is 18.5 Å². The third-order valence-corrected chi connectivity index (χ3v) is 4.81. The Balaban J connectivity index is 2.13. The van der Waals surface area contributed by atoms with Gasteiger partial charge < -0.3 is 10.2 Å². The lowest BCUT2D eigenvalue weighted by Gasteiger charge is -2.34. The van der Waals surface area contributed by atoms with Gasteiger partial charge in [-0.2, -0.15) is 0 Å². The third kappa shape index (κ3) is 6.12. The summed E-state index contributed by atoms with van der Waals surface area (Å²) in [6, 6.07) is 19.8. The number of anilines is 3. The van der Waals surface area contributed by atoms with Gasteiger partial charge in [0.15, 0.2) is 0 Å². The Kier molecular flexibility index (Phi) is 7.36. The first-order chi connectivity index (χ1) is 12.0. The fourth-order valence-electron chi connectivity index (χ4n) is 3.24. The Bertz CT molecular complexity index is 604. The number of hydrogen-bond donors (Lipinski definition) is 1. The van der Waals surface area contributed by atoms with Gasteiger partial charge in [-0.1, -0.05) is 52.3 Å². The molecule has 2 aromatic rings. The summed E-state index contributed by atoms with van der Waals surface area (Å²) >= 11 is 0. The van der Waals surface area contributed by atoms with Crippen LogP contribution >= 0.6 is 0 Å². The van der Waals surface area contributed by atoms with E-state index >= 15 is 0 Å². The van der Waals surface area contributed by atoms with Crippen LogP contribution < -0.4 is 10.2 Å². The van der Waals surface area contributed by atoms with Crippen LogP contribution in [0.15, 0.2) is 54.6 Å². The fraction of sp³-hybridized carbons (Fsp3) is 0.478. The normalized spacial score (nSPS) is 13.5. The summed E-state index contributed by atoms with van der Waals surface area (Å²) in [7, 11) is 0. The molecule has 2 heteroatoms. The van der Waals surface area contributed by atoms with Gasteiger partial charge in [-0.15, -0.1) is 0 Å². The number of para-hydroxylation sites is 1. The molecule has 2 atom stereocenters. The highest BCUT2D eigenvalue weighted by atomic mass is 15.2. The van der Waals surface area contributed by atoms with Gasteiger partial charge in [0.05, 0.1) is 0 Å². The van der Waals surface area contributed by atoms with E-state index in [0.29, 0.717) is 17.9 Å². The summed E-state index contributed by atoms with van der Waals surface area (Å²) in [6.07, 6.45) is 2.44. The van der Waals surface area contributed by atoms with E-state index in [4.69, 9.17) is 0 Å². The van der Waals surface area contributed by atoms with Crippen molar-refractivity contribution in [3.8, 4) is 0 Å². The molecule has 0 bridgehead atoms. The average molecular weight is 339 g/mol. The molecule has 0 aliphatic rings. The summed E-state index contributed by atoms with van der Waals surface area (Å²) in [4.78, 5) is 2.58. The summed E-state index contributed by atoms with van der Waals surface area (Å²) in [5.74, 6) is 1.42. The van der Waals surface area contributed by atoms with Gasteiger partial charge in [0, 0.05) is 29.6 Å². The Hall–Kier alpha value is -1.96. The van der Waals surface area contributed by atoms with Crippen molar-refractivity contribution in [2.75, 3.05) is 16.8 Å². The molecule has 0 aliphatic carbocycles. The summed E-state index contributed by atoms with van der Waals surface area (Å²) in [6.45, 7) is 12.7. The first-order valence-corrected chi connectivity index (χ1v) is 9.68. The van der Waals surface area contributed by atoms with E-state index in [1.807, 2.05) is 6.07 Å². The van der Waals surface area contributed by atoms with E-state index in [0.717, 1.165) is 17.9 Å². The Morgan fingerprint density at radius 1 is 0.840 bits per heavy atom. The van der Waals surface area contributed by atoms with Crippen molar-refractivity contribution in [3.05, 3.63) is 54.6 Å². The third-order valence-electron chi connectivity index (χ3n) is 4.81. The molecule has 2 unspecified atom stereocenters. The van der Waals surface area contributed by atoms with E-state index in [9.17, 15) is 0 Å². The van der Waals surface area contributed by atoms with Crippen LogP contribution in [0, 0.1) is 11.8 Å². The van der Waals surface area contributed by atoms with Gasteiger partial charge in [-0.25, -0.2) is 0 Å². The number of nitrogens with one attached hydrogen (secondary N) is 1. The van der Waals surface area contributed by atoms with Crippen LogP contribution in [0.3, 0.4) is 0 Å².